The lowest BCUT2D eigenvalue weighted by Gasteiger charge is -2.23. The molecule has 0 fully saturated rings. The molecule has 0 unspecified atom stereocenters. The molecule has 1 N–H and O–H groups in total. The van der Waals surface area contributed by atoms with Gasteiger partial charge in [0.05, 0.1) is 0 Å². The molecule has 1 amide bonds. The first-order valence-electron chi connectivity index (χ1n) is 8.78. The minimum atomic E-state index is -0.939. The number of benzene rings is 2. The summed E-state index contributed by atoms with van der Waals surface area (Å²) in [7, 11) is 0. The molecule has 0 bridgehead atoms. The predicted molar refractivity (Wildman–Crippen MR) is 112 cm³/mol. The molecule has 7 heteroatoms. The van der Waals surface area contributed by atoms with Crippen molar-refractivity contribution in [1.29, 1.82) is 0 Å². The quantitative estimate of drug-likeness (QED) is 0.586. The minimum absolute atomic E-state index is 0.110. The van der Waals surface area contributed by atoms with Crippen molar-refractivity contribution >= 4 is 39.6 Å². The summed E-state index contributed by atoms with van der Waals surface area (Å²) in [6.45, 7) is 5.36. The number of esters is 1. The van der Waals surface area contributed by atoms with Crippen LogP contribution >= 0.6 is 27.5 Å². The maximum atomic E-state index is 12.7. The molecule has 0 aliphatic rings. The average Bonchev–Trinajstić information content (AvgIpc) is 2.61. The Hall–Kier alpha value is -2.05. The molecule has 0 aromatic heterocycles. The van der Waals surface area contributed by atoms with E-state index in [9.17, 15) is 9.59 Å². The van der Waals surface area contributed by atoms with E-state index >= 15 is 0 Å². The third-order valence-electron chi connectivity index (χ3n) is 3.63. The number of rotatable bonds is 6. The van der Waals surface area contributed by atoms with E-state index < -0.39 is 23.7 Å². The van der Waals surface area contributed by atoms with E-state index in [-0.39, 0.29) is 13.0 Å². The summed E-state index contributed by atoms with van der Waals surface area (Å²) in [6, 6.07) is 13.7. The number of halogens is 2. The normalized spacial score (nSPS) is 12.2. The van der Waals surface area contributed by atoms with Gasteiger partial charge in [0.2, 0.25) is 0 Å². The number of alkyl carbamates (subject to hydrolysis) is 1. The van der Waals surface area contributed by atoms with Gasteiger partial charge in [0, 0.05) is 15.9 Å². The van der Waals surface area contributed by atoms with Gasteiger partial charge in [-0.3, -0.25) is 0 Å². The SMILES string of the molecule is CC(C)(C)OC(=O)N[C@@H](Cc1cc(Br)ccc1Cl)C(=O)OCc1ccccc1. The number of carbonyl (C=O) groups is 2. The van der Waals surface area contributed by atoms with Gasteiger partial charge in [0.15, 0.2) is 0 Å². The Balaban J connectivity index is 2.13. The number of hydrogen-bond donors (Lipinski definition) is 1. The molecule has 150 valence electrons. The average molecular weight is 469 g/mol. The van der Waals surface area contributed by atoms with Gasteiger partial charge in [-0.2, -0.15) is 0 Å². The van der Waals surface area contributed by atoms with Crippen LogP contribution in [0.3, 0.4) is 0 Å². The molecule has 2 rings (SSSR count). The Morgan fingerprint density at radius 3 is 2.46 bits per heavy atom. The Morgan fingerprint density at radius 1 is 1.14 bits per heavy atom. The van der Waals surface area contributed by atoms with Crippen LogP contribution in [0, 0.1) is 0 Å². The number of nitrogens with one attached hydrogen (secondary N) is 1. The largest absolute Gasteiger partial charge is 0.459 e. The Morgan fingerprint density at radius 2 is 1.82 bits per heavy atom. The Bertz CT molecular complexity index is 821. The number of ether oxygens (including phenoxy) is 2. The van der Waals surface area contributed by atoms with Crippen molar-refractivity contribution in [2.45, 2.75) is 45.4 Å². The summed E-state index contributed by atoms with van der Waals surface area (Å²) >= 11 is 9.63. The fourth-order valence-electron chi connectivity index (χ4n) is 2.39. The maximum absolute atomic E-state index is 12.7. The van der Waals surface area contributed by atoms with Gasteiger partial charge in [-0.15, -0.1) is 0 Å². The highest BCUT2D eigenvalue weighted by atomic mass is 79.9. The lowest BCUT2D eigenvalue weighted by Crippen LogP contribution is -2.45. The Labute approximate surface area is 178 Å². The van der Waals surface area contributed by atoms with Crippen molar-refractivity contribution in [2.75, 3.05) is 0 Å². The second-order valence-electron chi connectivity index (χ2n) is 7.23. The molecular formula is C21H23BrClNO4. The van der Waals surface area contributed by atoms with Crippen LogP contribution in [0.2, 0.25) is 5.02 Å². The van der Waals surface area contributed by atoms with Crippen LogP contribution in [-0.2, 0) is 27.3 Å². The van der Waals surface area contributed by atoms with Gasteiger partial charge in [-0.25, -0.2) is 9.59 Å². The van der Waals surface area contributed by atoms with E-state index in [1.54, 1.807) is 39.0 Å². The molecule has 2 aromatic carbocycles. The van der Waals surface area contributed by atoms with E-state index in [1.165, 1.54) is 0 Å². The van der Waals surface area contributed by atoms with Gasteiger partial charge < -0.3 is 14.8 Å². The number of amides is 1. The second kappa shape index (κ2) is 9.94. The van der Waals surface area contributed by atoms with E-state index in [1.807, 2.05) is 30.3 Å². The van der Waals surface area contributed by atoms with E-state index in [0.717, 1.165) is 10.0 Å². The van der Waals surface area contributed by atoms with Crippen molar-refractivity contribution in [2.24, 2.45) is 0 Å². The zero-order chi connectivity index (χ0) is 20.7. The monoisotopic (exact) mass is 467 g/mol. The van der Waals surface area contributed by atoms with Crippen LogP contribution in [0.25, 0.3) is 0 Å². The third-order valence-corrected chi connectivity index (χ3v) is 4.49. The van der Waals surface area contributed by atoms with Crippen molar-refractivity contribution in [3.63, 3.8) is 0 Å². The first-order chi connectivity index (χ1) is 13.1. The molecule has 0 heterocycles. The van der Waals surface area contributed by atoms with Gasteiger partial charge in [0.1, 0.15) is 18.2 Å². The molecule has 28 heavy (non-hydrogen) atoms. The number of hydrogen-bond acceptors (Lipinski definition) is 4. The zero-order valence-corrected chi connectivity index (χ0v) is 18.3. The minimum Gasteiger partial charge on any atom is -0.459 e. The fourth-order valence-corrected chi connectivity index (χ4v) is 3.00. The second-order valence-corrected chi connectivity index (χ2v) is 8.55. The molecule has 1 atom stereocenters. The zero-order valence-electron chi connectivity index (χ0n) is 16.0. The summed E-state index contributed by atoms with van der Waals surface area (Å²) in [6.07, 6.45) is -0.522. The van der Waals surface area contributed by atoms with Gasteiger partial charge >= 0.3 is 12.1 Å². The molecule has 0 saturated heterocycles. The van der Waals surface area contributed by atoms with Crippen molar-refractivity contribution < 1.29 is 19.1 Å². The highest BCUT2D eigenvalue weighted by molar-refractivity contribution is 9.10. The summed E-state index contributed by atoms with van der Waals surface area (Å²) in [5, 5.41) is 3.09. The molecule has 0 radical (unpaired) electrons. The van der Waals surface area contributed by atoms with Crippen LogP contribution in [0.15, 0.2) is 53.0 Å². The molecular weight excluding hydrogens is 446 g/mol. The van der Waals surface area contributed by atoms with Crippen LogP contribution in [0.5, 0.6) is 0 Å². The lowest BCUT2D eigenvalue weighted by molar-refractivity contribution is -0.147. The van der Waals surface area contributed by atoms with Crippen LogP contribution in [-0.4, -0.2) is 23.7 Å². The molecule has 5 nitrogen and oxygen atoms in total. The van der Waals surface area contributed by atoms with Crippen molar-refractivity contribution in [3.05, 3.63) is 69.2 Å². The molecule has 0 spiro atoms. The standard InChI is InChI=1S/C21H23BrClNO4/c1-21(2,3)28-20(26)24-18(12-15-11-16(22)9-10-17(15)23)19(25)27-13-14-7-5-4-6-8-14/h4-11,18H,12-13H2,1-3H3,(H,24,26)/t18-/m0/s1. The van der Waals surface area contributed by atoms with Gasteiger partial charge in [-0.1, -0.05) is 57.9 Å². The van der Waals surface area contributed by atoms with Crippen LogP contribution in [0.4, 0.5) is 4.79 Å². The Kier molecular flexibility index (Phi) is 7.89. The first-order valence-corrected chi connectivity index (χ1v) is 9.95. The molecule has 0 aliphatic heterocycles. The smallest absolute Gasteiger partial charge is 0.408 e. The predicted octanol–water partition coefficient (Wildman–Crippen LogP) is 5.28. The van der Waals surface area contributed by atoms with Crippen molar-refractivity contribution in [3.8, 4) is 0 Å². The van der Waals surface area contributed by atoms with E-state index in [2.05, 4.69) is 21.2 Å². The topological polar surface area (TPSA) is 64.6 Å². The maximum Gasteiger partial charge on any atom is 0.408 e. The third kappa shape index (κ3) is 7.52. The first kappa shape index (κ1) is 22.2. The summed E-state index contributed by atoms with van der Waals surface area (Å²) < 4.78 is 11.5. The van der Waals surface area contributed by atoms with Gasteiger partial charge in [0.25, 0.3) is 0 Å². The van der Waals surface area contributed by atoms with Crippen molar-refractivity contribution in [1.82, 2.24) is 5.32 Å². The van der Waals surface area contributed by atoms with Crippen LogP contribution in [0.1, 0.15) is 31.9 Å². The fraction of sp³-hybridized carbons (Fsp3) is 0.333. The van der Waals surface area contributed by atoms with Crippen LogP contribution < -0.4 is 5.32 Å². The van der Waals surface area contributed by atoms with E-state index in [0.29, 0.717) is 10.6 Å². The highest BCUT2D eigenvalue weighted by Gasteiger charge is 2.26. The highest BCUT2D eigenvalue weighted by Crippen LogP contribution is 2.23. The number of carbonyl (C=O) groups excluding carboxylic acids is 2. The molecule has 0 aliphatic carbocycles. The summed E-state index contributed by atoms with van der Waals surface area (Å²) in [4.78, 5) is 24.9. The summed E-state index contributed by atoms with van der Waals surface area (Å²) in [5.74, 6) is -0.564. The van der Waals surface area contributed by atoms with Gasteiger partial charge in [-0.05, 0) is 50.1 Å². The van der Waals surface area contributed by atoms with E-state index in [4.69, 9.17) is 21.1 Å². The lowest BCUT2D eigenvalue weighted by atomic mass is 10.1. The summed E-state index contributed by atoms with van der Waals surface area (Å²) in [5.41, 5.74) is 0.872. The molecule has 0 saturated carbocycles. The molecule has 2 aromatic rings.